The van der Waals surface area contributed by atoms with Crippen LogP contribution in [0.25, 0.3) is 22.2 Å². The molecular weight excluding hydrogens is 480 g/mol. The van der Waals surface area contributed by atoms with Crippen LogP contribution in [0.4, 0.5) is 22.1 Å². The quantitative estimate of drug-likeness (QED) is 0.393. The topological polar surface area (TPSA) is 110 Å². The predicted octanol–water partition coefficient (Wildman–Crippen LogP) is 4.49. The number of aromatic nitrogens is 5. The smallest absolute Gasteiger partial charge is 0.407 e. The molecule has 1 aliphatic rings. The van der Waals surface area contributed by atoms with Gasteiger partial charge in [0.2, 0.25) is 0 Å². The standard InChI is InChI=1S/C25H27ClN8O2/c1-14(2)16-5-6-20(34-11-15(12-34)29-25(35)36-4)18-10-28-22(9-17(16)18)30-21-7-8-27-24(31-21)19-13-33(3)32-23(19)26/h5-10,13-15H,11-12H2,1-4H3,(H,29,35)(H,27,28,30,31). The van der Waals surface area contributed by atoms with Gasteiger partial charge in [-0.05, 0) is 35.1 Å². The van der Waals surface area contributed by atoms with E-state index in [9.17, 15) is 4.79 Å². The molecule has 0 aliphatic carbocycles. The van der Waals surface area contributed by atoms with Crippen LogP contribution >= 0.6 is 11.6 Å². The summed E-state index contributed by atoms with van der Waals surface area (Å²) >= 11 is 6.23. The molecule has 4 heterocycles. The third kappa shape index (κ3) is 4.64. The van der Waals surface area contributed by atoms with Crippen LogP contribution in [0.15, 0.2) is 42.9 Å². The van der Waals surface area contributed by atoms with E-state index in [1.54, 1.807) is 30.2 Å². The molecule has 11 heteroatoms. The zero-order valence-corrected chi connectivity index (χ0v) is 21.2. The fraction of sp³-hybridized carbons (Fsp3) is 0.320. The third-order valence-corrected chi connectivity index (χ3v) is 6.48. The molecule has 0 unspecified atom stereocenters. The molecule has 5 rings (SSSR count). The van der Waals surface area contributed by atoms with Crippen molar-refractivity contribution in [3.8, 4) is 11.4 Å². The molecule has 1 aliphatic heterocycles. The van der Waals surface area contributed by atoms with Crippen LogP contribution in [0.2, 0.25) is 5.15 Å². The number of amides is 1. The second-order valence-corrected chi connectivity index (χ2v) is 9.44. The van der Waals surface area contributed by atoms with Crippen LogP contribution in [0, 0.1) is 0 Å². The molecule has 1 amide bonds. The minimum absolute atomic E-state index is 0.0615. The molecular formula is C25H27ClN8O2. The van der Waals surface area contributed by atoms with Gasteiger partial charge in [-0.3, -0.25) is 4.68 Å². The lowest BCUT2D eigenvalue weighted by Crippen LogP contribution is -2.59. The van der Waals surface area contributed by atoms with Gasteiger partial charge in [-0.2, -0.15) is 5.10 Å². The number of fused-ring (bicyclic) bond motifs is 1. The number of halogens is 1. The fourth-order valence-electron chi connectivity index (χ4n) is 4.39. The summed E-state index contributed by atoms with van der Waals surface area (Å²) in [5.74, 6) is 2.10. The number of hydrogen-bond donors (Lipinski definition) is 2. The van der Waals surface area contributed by atoms with Crippen LogP contribution in [0.3, 0.4) is 0 Å². The number of benzene rings is 1. The molecule has 186 valence electrons. The average molecular weight is 507 g/mol. The number of pyridine rings is 1. The first-order valence-electron chi connectivity index (χ1n) is 11.6. The summed E-state index contributed by atoms with van der Waals surface area (Å²) in [6.45, 7) is 5.78. The Morgan fingerprint density at radius 2 is 1.97 bits per heavy atom. The summed E-state index contributed by atoms with van der Waals surface area (Å²) in [6, 6.07) is 8.20. The second-order valence-electron chi connectivity index (χ2n) is 9.08. The minimum Gasteiger partial charge on any atom is -0.453 e. The number of aryl methyl sites for hydroxylation is 1. The van der Waals surface area contributed by atoms with Gasteiger partial charge in [0.05, 0.1) is 18.7 Å². The molecule has 0 saturated carbocycles. The lowest BCUT2D eigenvalue weighted by molar-refractivity contribution is 0.164. The summed E-state index contributed by atoms with van der Waals surface area (Å²) in [7, 11) is 3.17. The van der Waals surface area contributed by atoms with Crippen molar-refractivity contribution in [1.29, 1.82) is 0 Å². The Morgan fingerprint density at radius 3 is 2.67 bits per heavy atom. The SMILES string of the molecule is COC(=O)NC1CN(c2ccc(C(C)C)c3cc(Nc4ccnc(-c5cn(C)nc5Cl)n4)ncc23)C1. The van der Waals surface area contributed by atoms with E-state index in [2.05, 4.69) is 67.6 Å². The molecule has 0 spiro atoms. The highest BCUT2D eigenvalue weighted by atomic mass is 35.5. The highest BCUT2D eigenvalue weighted by molar-refractivity contribution is 6.31. The molecule has 36 heavy (non-hydrogen) atoms. The van der Waals surface area contributed by atoms with Gasteiger partial charge < -0.3 is 20.3 Å². The van der Waals surface area contributed by atoms with E-state index in [1.807, 2.05) is 6.20 Å². The zero-order chi connectivity index (χ0) is 25.4. The van der Waals surface area contributed by atoms with Crippen molar-refractivity contribution in [1.82, 2.24) is 30.0 Å². The summed E-state index contributed by atoms with van der Waals surface area (Å²) in [5, 5.41) is 12.8. The van der Waals surface area contributed by atoms with Crippen molar-refractivity contribution in [2.75, 3.05) is 30.4 Å². The molecule has 3 aromatic heterocycles. The Bertz CT molecular complexity index is 1430. The highest BCUT2D eigenvalue weighted by Gasteiger charge is 2.30. The Morgan fingerprint density at radius 1 is 1.17 bits per heavy atom. The van der Waals surface area contributed by atoms with Gasteiger partial charge in [0, 0.05) is 49.8 Å². The Balaban J connectivity index is 1.43. The number of ether oxygens (including phenoxy) is 1. The number of carbonyl (C=O) groups is 1. The largest absolute Gasteiger partial charge is 0.453 e. The average Bonchev–Trinajstić information content (AvgIpc) is 3.18. The van der Waals surface area contributed by atoms with E-state index < -0.39 is 6.09 Å². The van der Waals surface area contributed by atoms with Crippen molar-refractivity contribution < 1.29 is 9.53 Å². The lowest BCUT2D eigenvalue weighted by atomic mass is 9.94. The van der Waals surface area contributed by atoms with Crippen LogP contribution in [0.1, 0.15) is 25.3 Å². The first kappa shape index (κ1) is 23.8. The van der Waals surface area contributed by atoms with E-state index in [0.29, 0.717) is 47.2 Å². The molecule has 1 fully saturated rings. The Hall–Kier alpha value is -3.92. The monoisotopic (exact) mass is 506 g/mol. The van der Waals surface area contributed by atoms with Gasteiger partial charge in [-0.15, -0.1) is 0 Å². The van der Waals surface area contributed by atoms with Crippen molar-refractivity contribution >= 4 is 45.8 Å². The number of nitrogens with one attached hydrogen (secondary N) is 2. The van der Waals surface area contributed by atoms with E-state index in [0.717, 1.165) is 16.5 Å². The maximum absolute atomic E-state index is 11.5. The summed E-state index contributed by atoms with van der Waals surface area (Å²) in [6.07, 6.45) is 4.94. The van der Waals surface area contributed by atoms with Gasteiger partial charge in [0.15, 0.2) is 11.0 Å². The maximum Gasteiger partial charge on any atom is 0.407 e. The van der Waals surface area contributed by atoms with Crippen molar-refractivity contribution in [2.45, 2.75) is 25.8 Å². The van der Waals surface area contributed by atoms with Crippen LogP contribution in [0.5, 0.6) is 0 Å². The lowest BCUT2D eigenvalue weighted by Gasteiger charge is -2.41. The van der Waals surface area contributed by atoms with Gasteiger partial charge in [-0.1, -0.05) is 31.5 Å². The molecule has 0 radical (unpaired) electrons. The van der Waals surface area contributed by atoms with Crippen LogP contribution in [-0.4, -0.2) is 57.1 Å². The predicted molar refractivity (Wildman–Crippen MR) is 140 cm³/mol. The Labute approximate surface area is 213 Å². The van der Waals surface area contributed by atoms with E-state index >= 15 is 0 Å². The van der Waals surface area contributed by atoms with Crippen molar-refractivity contribution in [3.05, 3.63) is 53.6 Å². The van der Waals surface area contributed by atoms with E-state index in [1.165, 1.54) is 12.7 Å². The van der Waals surface area contributed by atoms with E-state index in [-0.39, 0.29) is 6.04 Å². The third-order valence-electron chi connectivity index (χ3n) is 6.20. The summed E-state index contributed by atoms with van der Waals surface area (Å²) in [4.78, 5) is 27.4. The van der Waals surface area contributed by atoms with Gasteiger partial charge >= 0.3 is 6.09 Å². The highest BCUT2D eigenvalue weighted by Crippen LogP contribution is 2.36. The first-order chi connectivity index (χ1) is 17.3. The first-order valence-corrected chi connectivity index (χ1v) is 12.0. The number of nitrogens with zero attached hydrogens (tertiary/aromatic N) is 6. The molecule has 1 saturated heterocycles. The normalized spacial score (nSPS) is 13.7. The maximum atomic E-state index is 11.5. The fourth-order valence-corrected chi connectivity index (χ4v) is 4.64. The Kier molecular flexibility index (Phi) is 6.36. The van der Waals surface area contributed by atoms with Crippen LogP contribution < -0.4 is 15.5 Å². The minimum atomic E-state index is -0.407. The van der Waals surface area contributed by atoms with Crippen molar-refractivity contribution in [2.24, 2.45) is 7.05 Å². The molecule has 2 N–H and O–H groups in total. The molecule has 0 atom stereocenters. The molecule has 10 nitrogen and oxygen atoms in total. The zero-order valence-electron chi connectivity index (χ0n) is 20.5. The van der Waals surface area contributed by atoms with Gasteiger partial charge in [0.1, 0.15) is 11.6 Å². The number of rotatable bonds is 6. The summed E-state index contributed by atoms with van der Waals surface area (Å²) in [5.41, 5.74) is 2.98. The van der Waals surface area contributed by atoms with E-state index in [4.69, 9.17) is 16.3 Å². The second kappa shape index (κ2) is 9.62. The molecule has 0 bridgehead atoms. The van der Waals surface area contributed by atoms with Crippen LogP contribution in [-0.2, 0) is 11.8 Å². The van der Waals surface area contributed by atoms with Gasteiger partial charge in [-0.25, -0.2) is 19.7 Å². The number of hydrogen-bond acceptors (Lipinski definition) is 8. The number of alkyl carbamates (subject to hydrolysis) is 1. The summed E-state index contributed by atoms with van der Waals surface area (Å²) < 4.78 is 6.33. The molecule has 1 aromatic carbocycles. The number of methoxy groups -OCH3 is 1. The number of carbonyl (C=O) groups excluding carboxylic acids is 1. The van der Waals surface area contributed by atoms with Crippen molar-refractivity contribution in [3.63, 3.8) is 0 Å². The molecule has 4 aromatic rings. The van der Waals surface area contributed by atoms with Gasteiger partial charge in [0.25, 0.3) is 0 Å². The number of anilines is 3.